The topological polar surface area (TPSA) is 73.8 Å². The van der Waals surface area contributed by atoms with Crippen molar-refractivity contribution in [1.82, 2.24) is 15.5 Å². The average Bonchev–Trinajstić information content (AvgIpc) is 2.64. The van der Waals surface area contributed by atoms with Gasteiger partial charge in [0.25, 0.3) is 0 Å². The van der Waals surface area contributed by atoms with Crippen molar-refractivity contribution >= 4 is 15.8 Å². The molecule has 1 aromatic carbocycles. The normalized spacial score (nSPS) is 17.1. The Kier molecular flexibility index (Phi) is 7.89. The lowest BCUT2D eigenvalue weighted by Crippen LogP contribution is -2.50. The zero-order valence-electron chi connectivity index (χ0n) is 18.0. The molecule has 0 saturated carbocycles. The van der Waals surface area contributed by atoms with Crippen LogP contribution in [0.4, 0.5) is 0 Å². The maximum atomic E-state index is 11.4. The van der Waals surface area contributed by atoms with Gasteiger partial charge in [0.1, 0.15) is 9.84 Å². The Morgan fingerprint density at radius 2 is 1.96 bits per heavy atom. The van der Waals surface area contributed by atoms with Crippen molar-refractivity contribution in [3.63, 3.8) is 0 Å². The van der Waals surface area contributed by atoms with E-state index in [0.29, 0.717) is 13.0 Å². The third-order valence-electron chi connectivity index (χ3n) is 5.26. The SMILES string of the molecule is CCNC(=NCC(C)(C)N1CCc2ccccc2C1)NC(C)CCS(C)(=O)=O. The third-order valence-corrected chi connectivity index (χ3v) is 6.24. The van der Waals surface area contributed by atoms with Gasteiger partial charge in [0.2, 0.25) is 0 Å². The molecule has 158 valence electrons. The minimum atomic E-state index is -2.95. The summed E-state index contributed by atoms with van der Waals surface area (Å²) in [6.07, 6.45) is 2.91. The Bertz CT molecular complexity index is 774. The number of guanidine groups is 1. The number of hydrogen-bond donors (Lipinski definition) is 2. The van der Waals surface area contributed by atoms with Crippen molar-refractivity contribution < 1.29 is 8.42 Å². The number of benzene rings is 1. The molecule has 0 bridgehead atoms. The summed E-state index contributed by atoms with van der Waals surface area (Å²) in [5.74, 6) is 0.924. The van der Waals surface area contributed by atoms with Gasteiger partial charge in [-0.2, -0.15) is 0 Å². The number of fused-ring (bicyclic) bond motifs is 1. The summed E-state index contributed by atoms with van der Waals surface area (Å²) in [6, 6.07) is 8.71. The number of sulfone groups is 1. The molecular weight excluding hydrogens is 372 g/mol. The van der Waals surface area contributed by atoms with Crippen LogP contribution in [0.25, 0.3) is 0 Å². The van der Waals surface area contributed by atoms with E-state index in [2.05, 4.69) is 53.6 Å². The zero-order chi connectivity index (χ0) is 20.8. The average molecular weight is 409 g/mol. The molecule has 0 radical (unpaired) electrons. The summed E-state index contributed by atoms with van der Waals surface area (Å²) in [4.78, 5) is 7.30. The van der Waals surface area contributed by atoms with E-state index in [0.717, 1.165) is 32.0 Å². The van der Waals surface area contributed by atoms with Crippen molar-refractivity contribution in [3.8, 4) is 0 Å². The largest absolute Gasteiger partial charge is 0.357 e. The molecule has 1 atom stereocenters. The predicted molar refractivity (Wildman–Crippen MR) is 118 cm³/mol. The summed E-state index contributed by atoms with van der Waals surface area (Å²) in [5.41, 5.74) is 2.80. The van der Waals surface area contributed by atoms with Gasteiger partial charge in [-0.25, -0.2) is 8.42 Å². The fourth-order valence-corrected chi connectivity index (χ4v) is 4.18. The minimum Gasteiger partial charge on any atom is -0.357 e. The van der Waals surface area contributed by atoms with Crippen molar-refractivity contribution in [3.05, 3.63) is 35.4 Å². The lowest BCUT2D eigenvalue weighted by atomic mass is 9.94. The van der Waals surface area contributed by atoms with E-state index in [-0.39, 0.29) is 17.3 Å². The van der Waals surface area contributed by atoms with Crippen LogP contribution in [-0.2, 0) is 22.8 Å². The van der Waals surface area contributed by atoms with Crippen LogP contribution in [0.3, 0.4) is 0 Å². The van der Waals surface area contributed by atoms with Crippen LogP contribution < -0.4 is 10.6 Å². The molecule has 0 amide bonds. The highest BCUT2D eigenvalue weighted by molar-refractivity contribution is 7.90. The Balaban J connectivity index is 1.98. The Morgan fingerprint density at radius 1 is 1.29 bits per heavy atom. The lowest BCUT2D eigenvalue weighted by molar-refractivity contribution is 0.111. The molecule has 1 unspecified atom stereocenters. The second-order valence-electron chi connectivity index (χ2n) is 8.41. The summed E-state index contributed by atoms with van der Waals surface area (Å²) in [5, 5.41) is 6.61. The molecule has 6 nitrogen and oxygen atoms in total. The van der Waals surface area contributed by atoms with Gasteiger partial charge in [-0.05, 0) is 51.7 Å². The number of rotatable bonds is 8. The Hall–Kier alpha value is -1.60. The Labute approximate surface area is 170 Å². The molecule has 0 aromatic heterocycles. The van der Waals surface area contributed by atoms with Crippen LogP contribution in [0.2, 0.25) is 0 Å². The van der Waals surface area contributed by atoms with Gasteiger partial charge in [0.15, 0.2) is 5.96 Å². The lowest BCUT2D eigenvalue weighted by Gasteiger charge is -2.41. The number of nitrogens with zero attached hydrogens (tertiary/aromatic N) is 2. The fourth-order valence-electron chi connectivity index (χ4n) is 3.40. The first-order valence-corrected chi connectivity index (χ1v) is 12.2. The van der Waals surface area contributed by atoms with Gasteiger partial charge >= 0.3 is 0 Å². The quantitative estimate of drug-likeness (QED) is 0.510. The van der Waals surface area contributed by atoms with Crippen molar-refractivity contribution in [2.24, 2.45) is 4.99 Å². The second-order valence-corrected chi connectivity index (χ2v) is 10.7. The standard InChI is InChI=1S/C21H36N4O2S/c1-6-22-20(24-17(2)12-14-28(5,26)27)23-16-21(3,4)25-13-11-18-9-7-8-10-19(18)15-25/h7-10,17H,6,11-16H2,1-5H3,(H2,22,23,24). The third kappa shape index (κ3) is 7.09. The van der Waals surface area contributed by atoms with Crippen LogP contribution in [-0.4, -0.2) is 62.5 Å². The molecule has 2 rings (SSSR count). The smallest absolute Gasteiger partial charge is 0.191 e. The van der Waals surface area contributed by atoms with Gasteiger partial charge in [-0.1, -0.05) is 24.3 Å². The van der Waals surface area contributed by atoms with Gasteiger partial charge < -0.3 is 10.6 Å². The highest BCUT2D eigenvalue weighted by atomic mass is 32.2. The van der Waals surface area contributed by atoms with Gasteiger partial charge in [-0.15, -0.1) is 0 Å². The molecule has 0 aliphatic carbocycles. The molecule has 0 fully saturated rings. The number of nitrogens with one attached hydrogen (secondary N) is 2. The first-order valence-electron chi connectivity index (χ1n) is 10.1. The molecule has 1 heterocycles. The van der Waals surface area contributed by atoms with Crippen LogP contribution in [0.1, 0.15) is 45.2 Å². The molecule has 0 saturated heterocycles. The highest BCUT2D eigenvalue weighted by Gasteiger charge is 2.29. The maximum absolute atomic E-state index is 11.4. The second kappa shape index (κ2) is 9.74. The molecule has 2 N–H and O–H groups in total. The maximum Gasteiger partial charge on any atom is 0.191 e. The summed E-state index contributed by atoms with van der Waals surface area (Å²) >= 11 is 0. The van der Waals surface area contributed by atoms with E-state index in [1.54, 1.807) is 0 Å². The van der Waals surface area contributed by atoms with Crippen LogP contribution in [0, 0.1) is 0 Å². The van der Waals surface area contributed by atoms with E-state index in [1.807, 2.05) is 13.8 Å². The summed E-state index contributed by atoms with van der Waals surface area (Å²) in [7, 11) is -2.95. The van der Waals surface area contributed by atoms with E-state index >= 15 is 0 Å². The van der Waals surface area contributed by atoms with Crippen LogP contribution in [0.5, 0.6) is 0 Å². The molecule has 1 aliphatic rings. The molecule has 7 heteroatoms. The zero-order valence-corrected chi connectivity index (χ0v) is 18.8. The highest BCUT2D eigenvalue weighted by Crippen LogP contribution is 2.25. The van der Waals surface area contributed by atoms with E-state index in [1.165, 1.54) is 17.4 Å². The number of hydrogen-bond acceptors (Lipinski definition) is 4. The monoisotopic (exact) mass is 408 g/mol. The van der Waals surface area contributed by atoms with Crippen LogP contribution in [0.15, 0.2) is 29.3 Å². The first kappa shape index (κ1) is 22.7. The molecule has 1 aliphatic heterocycles. The van der Waals surface area contributed by atoms with Gasteiger partial charge in [0, 0.05) is 37.5 Å². The molecular formula is C21H36N4O2S. The summed E-state index contributed by atoms with van der Waals surface area (Å²) in [6.45, 7) is 11.9. The Morgan fingerprint density at radius 3 is 2.61 bits per heavy atom. The van der Waals surface area contributed by atoms with Crippen molar-refractivity contribution in [1.29, 1.82) is 0 Å². The predicted octanol–water partition coefficient (Wildman–Crippen LogP) is 2.20. The molecule has 0 spiro atoms. The van der Waals surface area contributed by atoms with Gasteiger partial charge in [-0.3, -0.25) is 9.89 Å². The number of aliphatic imine (C=N–C) groups is 1. The van der Waals surface area contributed by atoms with Gasteiger partial charge in [0.05, 0.1) is 12.3 Å². The fraction of sp³-hybridized carbons (Fsp3) is 0.667. The van der Waals surface area contributed by atoms with Crippen LogP contribution >= 0.6 is 0 Å². The molecule has 28 heavy (non-hydrogen) atoms. The van der Waals surface area contributed by atoms with Crippen molar-refractivity contribution in [2.75, 3.05) is 31.6 Å². The minimum absolute atomic E-state index is 0.0394. The van der Waals surface area contributed by atoms with E-state index in [4.69, 9.17) is 4.99 Å². The summed E-state index contributed by atoms with van der Waals surface area (Å²) < 4.78 is 22.8. The van der Waals surface area contributed by atoms with E-state index in [9.17, 15) is 8.42 Å². The molecule has 1 aromatic rings. The van der Waals surface area contributed by atoms with Crippen molar-refractivity contribution in [2.45, 2.75) is 58.7 Å². The first-order chi connectivity index (χ1) is 13.1. The van der Waals surface area contributed by atoms with E-state index < -0.39 is 9.84 Å².